The van der Waals surface area contributed by atoms with Crippen LogP contribution in [0.1, 0.15) is 28.8 Å². The average Bonchev–Trinajstić information content (AvgIpc) is 3.25. The number of phenolic OH excluding ortho intramolecular Hbond substituents is 1. The number of hydrogen-bond donors (Lipinski definition) is 3. The van der Waals surface area contributed by atoms with E-state index in [2.05, 4.69) is 0 Å². The number of carbonyl (C=O) groups is 5. The van der Waals surface area contributed by atoms with Crippen molar-refractivity contribution in [3.05, 3.63) is 41.7 Å². The Morgan fingerprint density at radius 2 is 1.84 bits per heavy atom. The molecular formula is C23H19NO8. The van der Waals surface area contributed by atoms with Gasteiger partial charge in [0.05, 0.1) is 17.7 Å². The monoisotopic (exact) mass is 437 g/mol. The van der Waals surface area contributed by atoms with E-state index in [1.807, 2.05) is 0 Å². The number of amides is 1. The van der Waals surface area contributed by atoms with Crippen LogP contribution in [0.2, 0.25) is 0 Å². The molecular weight excluding hydrogens is 418 g/mol. The molecule has 0 saturated heterocycles. The van der Waals surface area contributed by atoms with Gasteiger partial charge in [0.1, 0.15) is 11.5 Å². The van der Waals surface area contributed by atoms with Gasteiger partial charge in [0, 0.05) is 17.9 Å². The predicted octanol–water partition coefficient (Wildman–Crippen LogP) is 0.587. The Kier molecular flexibility index (Phi) is 4.26. The molecule has 2 saturated carbocycles. The number of aromatic hydroxyl groups is 1. The van der Waals surface area contributed by atoms with Gasteiger partial charge in [0.15, 0.2) is 34.7 Å². The van der Waals surface area contributed by atoms with Crippen LogP contribution in [0, 0.1) is 23.7 Å². The molecule has 3 aliphatic carbocycles. The molecule has 4 N–H and O–H groups in total. The lowest BCUT2D eigenvalue weighted by Gasteiger charge is -2.48. The molecule has 2 fully saturated rings. The fourth-order valence-electron chi connectivity index (χ4n) is 5.63. The van der Waals surface area contributed by atoms with Gasteiger partial charge in [-0.15, -0.1) is 0 Å². The van der Waals surface area contributed by atoms with Crippen LogP contribution >= 0.6 is 0 Å². The van der Waals surface area contributed by atoms with Crippen molar-refractivity contribution in [1.29, 1.82) is 0 Å². The van der Waals surface area contributed by atoms with Crippen LogP contribution in [0.5, 0.6) is 5.75 Å². The van der Waals surface area contributed by atoms with Crippen molar-refractivity contribution in [2.45, 2.75) is 24.9 Å². The average molecular weight is 437 g/mol. The Morgan fingerprint density at radius 3 is 2.50 bits per heavy atom. The zero-order valence-electron chi connectivity index (χ0n) is 16.7. The Balaban J connectivity index is 1.62. The lowest BCUT2D eigenvalue weighted by Crippen LogP contribution is -2.68. The van der Waals surface area contributed by atoms with Crippen molar-refractivity contribution in [1.82, 2.24) is 0 Å². The Hall–Kier alpha value is -3.59. The highest BCUT2D eigenvalue weighted by atomic mass is 16.3. The first-order valence-corrected chi connectivity index (χ1v) is 10.2. The first kappa shape index (κ1) is 20.3. The summed E-state index contributed by atoms with van der Waals surface area (Å²) in [5, 5.41) is 21.6. The van der Waals surface area contributed by atoms with Gasteiger partial charge < -0.3 is 20.4 Å². The molecule has 32 heavy (non-hydrogen) atoms. The summed E-state index contributed by atoms with van der Waals surface area (Å²) < 4.78 is 5.45. The minimum absolute atomic E-state index is 0.0499. The minimum atomic E-state index is -2.64. The molecule has 0 aliphatic heterocycles. The third-order valence-corrected chi connectivity index (χ3v) is 7.07. The number of phenols is 1. The molecule has 1 aromatic heterocycles. The van der Waals surface area contributed by atoms with Gasteiger partial charge in [-0.25, -0.2) is 0 Å². The maximum absolute atomic E-state index is 13.4. The highest BCUT2D eigenvalue weighted by Gasteiger charge is 2.66. The highest BCUT2D eigenvalue weighted by molar-refractivity contribution is 6.31. The number of Topliss-reactive ketones (excluding diaryl/α,β-unsaturated/α-hetero) is 4. The summed E-state index contributed by atoms with van der Waals surface area (Å²) in [6.45, 7) is 0. The maximum Gasteiger partial charge on any atom is 0.235 e. The second kappa shape index (κ2) is 6.70. The van der Waals surface area contributed by atoms with Crippen molar-refractivity contribution in [2.75, 3.05) is 0 Å². The number of fused-ring (bicyclic) bond motifs is 3. The molecule has 5 rings (SSSR count). The first-order valence-electron chi connectivity index (χ1n) is 10.2. The first-order chi connectivity index (χ1) is 15.2. The van der Waals surface area contributed by atoms with Gasteiger partial charge in [0.2, 0.25) is 5.91 Å². The van der Waals surface area contributed by atoms with E-state index in [0.29, 0.717) is 16.9 Å². The zero-order valence-corrected chi connectivity index (χ0v) is 16.7. The number of primary amides is 1. The highest BCUT2D eigenvalue weighted by Crippen LogP contribution is 2.51. The number of aliphatic hydroxyl groups is 1. The lowest BCUT2D eigenvalue weighted by molar-refractivity contribution is -0.175. The quantitative estimate of drug-likeness (QED) is 0.574. The standard InChI is InChI=1S/C23H19NO8/c24-22(30)18-14(26)8-10-6-9-7-12-11(15-2-1-5-32-15)3-4-13(25)17(12)19(27)16(9)20(28)23(10,31)21(18)29/h1-5,9-10,16,18,25,31H,6-8H2,(H2,24,30)/t9-,10+,16?,18?,23+/m1/s1. The van der Waals surface area contributed by atoms with Gasteiger partial charge in [0.25, 0.3) is 0 Å². The molecule has 0 spiro atoms. The van der Waals surface area contributed by atoms with Gasteiger partial charge in [-0.1, -0.05) is 0 Å². The molecule has 5 atom stereocenters. The summed E-state index contributed by atoms with van der Waals surface area (Å²) in [7, 11) is 0. The van der Waals surface area contributed by atoms with E-state index in [-0.39, 0.29) is 30.6 Å². The smallest absolute Gasteiger partial charge is 0.235 e. The molecule has 2 aromatic rings. The topological polar surface area (TPSA) is 165 Å². The second-order valence-corrected chi connectivity index (χ2v) is 8.70. The molecule has 0 bridgehead atoms. The van der Waals surface area contributed by atoms with Crippen molar-refractivity contribution in [3.8, 4) is 17.1 Å². The molecule has 9 heteroatoms. The van der Waals surface area contributed by atoms with E-state index in [4.69, 9.17) is 10.2 Å². The van der Waals surface area contributed by atoms with E-state index >= 15 is 0 Å². The molecule has 1 heterocycles. The third kappa shape index (κ3) is 2.51. The van der Waals surface area contributed by atoms with Crippen molar-refractivity contribution in [2.24, 2.45) is 29.4 Å². The number of ketones is 4. The molecule has 9 nitrogen and oxygen atoms in total. The van der Waals surface area contributed by atoms with Gasteiger partial charge in [-0.3, -0.25) is 24.0 Å². The molecule has 0 radical (unpaired) electrons. The van der Waals surface area contributed by atoms with Crippen LogP contribution < -0.4 is 5.73 Å². The Labute approximate surface area is 181 Å². The summed E-state index contributed by atoms with van der Waals surface area (Å²) in [6.07, 6.45) is 1.36. The van der Waals surface area contributed by atoms with E-state index in [1.54, 1.807) is 18.2 Å². The normalized spacial score (nSPS) is 31.7. The number of carbonyl (C=O) groups excluding carboxylic acids is 5. The second-order valence-electron chi connectivity index (χ2n) is 8.70. The molecule has 2 unspecified atom stereocenters. The fraction of sp³-hybridized carbons (Fsp3) is 0.348. The van der Waals surface area contributed by atoms with Gasteiger partial charge >= 0.3 is 0 Å². The Bertz CT molecular complexity index is 1210. The van der Waals surface area contributed by atoms with Crippen LogP contribution in [0.15, 0.2) is 34.9 Å². The molecule has 3 aliphatic rings. The van der Waals surface area contributed by atoms with Crippen molar-refractivity contribution >= 4 is 29.0 Å². The largest absolute Gasteiger partial charge is 0.507 e. The van der Waals surface area contributed by atoms with Crippen LogP contribution in [0.4, 0.5) is 0 Å². The van der Waals surface area contributed by atoms with E-state index in [0.717, 1.165) is 0 Å². The molecule has 1 aromatic carbocycles. The summed E-state index contributed by atoms with van der Waals surface area (Å²) in [5.74, 6) is -9.75. The van der Waals surface area contributed by atoms with Crippen molar-refractivity contribution < 1.29 is 38.6 Å². The minimum Gasteiger partial charge on any atom is -0.507 e. The number of furan rings is 1. The third-order valence-electron chi connectivity index (χ3n) is 7.07. The SMILES string of the molecule is NC(=O)C1C(=O)C[C@@H]2C[C@@H]3Cc4c(-c5ccco5)ccc(O)c4C(=O)C3C(=O)[C@]2(O)C1=O. The summed E-state index contributed by atoms with van der Waals surface area (Å²) in [4.78, 5) is 63.7. The number of benzene rings is 1. The maximum atomic E-state index is 13.4. The van der Waals surface area contributed by atoms with Gasteiger partial charge in [-0.2, -0.15) is 0 Å². The van der Waals surface area contributed by atoms with Gasteiger partial charge in [-0.05, 0) is 48.6 Å². The molecule has 164 valence electrons. The number of hydrogen-bond acceptors (Lipinski definition) is 8. The van der Waals surface area contributed by atoms with Crippen LogP contribution in [-0.4, -0.2) is 44.9 Å². The number of nitrogens with two attached hydrogens (primary N) is 1. The lowest BCUT2D eigenvalue weighted by atomic mass is 9.53. The van der Waals surface area contributed by atoms with Crippen LogP contribution in [0.3, 0.4) is 0 Å². The van der Waals surface area contributed by atoms with Crippen LogP contribution in [0.25, 0.3) is 11.3 Å². The number of rotatable bonds is 2. The Morgan fingerprint density at radius 1 is 1.09 bits per heavy atom. The fourth-order valence-corrected chi connectivity index (χ4v) is 5.63. The van der Waals surface area contributed by atoms with E-state index < -0.39 is 58.3 Å². The zero-order chi connectivity index (χ0) is 22.9. The van der Waals surface area contributed by atoms with E-state index in [9.17, 15) is 34.2 Å². The van der Waals surface area contributed by atoms with Crippen molar-refractivity contribution in [3.63, 3.8) is 0 Å². The summed E-state index contributed by atoms with van der Waals surface area (Å²) in [6, 6.07) is 6.33. The summed E-state index contributed by atoms with van der Waals surface area (Å²) >= 11 is 0. The molecule has 1 amide bonds. The van der Waals surface area contributed by atoms with E-state index in [1.165, 1.54) is 12.3 Å². The van der Waals surface area contributed by atoms with Crippen LogP contribution in [-0.2, 0) is 25.6 Å². The summed E-state index contributed by atoms with van der Waals surface area (Å²) in [5.41, 5.74) is 3.57. The predicted molar refractivity (Wildman–Crippen MR) is 106 cm³/mol.